The number of piperidine rings is 1. The Balaban J connectivity index is 1.70. The van der Waals surface area contributed by atoms with Gasteiger partial charge >= 0.3 is 0 Å². The molecule has 0 atom stereocenters. The van der Waals surface area contributed by atoms with Crippen molar-refractivity contribution in [2.24, 2.45) is 5.41 Å². The molecule has 3 aromatic rings. The maximum Gasteiger partial charge on any atom is 0.258 e. The van der Waals surface area contributed by atoms with Crippen LogP contribution in [0, 0.1) is 5.41 Å². The van der Waals surface area contributed by atoms with Gasteiger partial charge in [0.05, 0.1) is 5.69 Å². The Bertz CT molecular complexity index is 1190. The summed E-state index contributed by atoms with van der Waals surface area (Å²) in [7, 11) is 0. The minimum atomic E-state index is -1.69. The Morgan fingerprint density at radius 3 is 2.55 bits per heavy atom. The first kappa shape index (κ1) is 21.3. The first-order chi connectivity index (χ1) is 14.5. The van der Waals surface area contributed by atoms with Crippen LogP contribution in [0.3, 0.4) is 0 Å². The lowest BCUT2D eigenvalue weighted by Crippen LogP contribution is -2.38. The zero-order valence-electron chi connectivity index (χ0n) is 18.8. The predicted octanol–water partition coefficient (Wildman–Crippen LogP) is 5.66. The van der Waals surface area contributed by atoms with Gasteiger partial charge in [-0.1, -0.05) is 44.7 Å². The molecule has 162 valence electrons. The van der Waals surface area contributed by atoms with E-state index in [1.165, 1.54) is 37.2 Å². The highest BCUT2D eigenvalue weighted by Crippen LogP contribution is 2.33. The van der Waals surface area contributed by atoms with E-state index >= 15 is 0 Å². The molecule has 1 aliphatic heterocycles. The van der Waals surface area contributed by atoms with E-state index in [1.807, 2.05) is 24.3 Å². The Labute approximate surface area is 183 Å². The average Bonchev–Trinajstić information content (AvgIpc) is 2.71. The largest absolute Gasteiger partial charge is 0.371 e. The summed E-state index contributed by atoms with van der Waals surface area (Å²) in [5, 5.41) is 0. The van der Waals surface area contributed by atoms with Crippen LogP contribution >= 0.6 is 0 Å². The van der Waals surface area contributed by atoms with Crippen molar-refractivity contribution in [2.75, 3.05) is 13.1 Å². The van der Waals surface area contributed by atoms with E-state index in [1.54, 1.807) is 6.20 Å². The van der Waals surface area contributed by atoms with Gasteiger partial charge in [0.25, 0.3) is 5.56 Å². The molecule has 0 saturated carbocycles. The number of benzene rings is 1. The van der Waals surface area contributed by atoms with Crippen LogP contribution in [0.2, 0.25) is 0 Å². The maximum atomic E-state index is 14.5. The SMILES string of the molecule is C=C(c1ccc(-c2cccn3c(=O)cc(C(C)(C)F)nc23)cc1)N1CCCC(C)(C)C1. The second kappa shape index (κ2) is 7.63. The van der Waals surface area contributed by atoms with E-state index in [9.17, 15) is 9.18 Å². The molecule has 1 aromatic carbocycles. The Morgan fingerprint density at radius 2 is 1.90 bits per heavy atom. The smallest absolute Gasteiger partial charge is 0.258 e. The van der Waals surface area contributed by atoms with Gasteiger partial charge in [0, 0.05) is 36.6 Å². The number of hydrogen-bond acceptors (Lipinski definition) is 3. The van der Waals surface area contributed by atoms with Crippen molar-refractivity contribution in [3.05, 3.63) is 76.9 Å². The third kappa shape index (κ3) is 4.27. The Kier molecular flexibility index (Phi) is 5.24. The molecule has 0 N–H and O–H groups in total. The summed E-state index contributed by atoms with van der Waals surface area (Å²) in [6, 6.07) is 13.1. The van der Waals surface area contributed by atoms with Gasteiger partial charge in [-0.05, 0) is 55.4 Å². The zero-order chi connectivity index (χ0) is 22.4. The summed E-state index contributed by atoms with van der Waals surface area (Å²) in [5.74, 6) is 0. The topological polar surface area (TPSA) is 37.6 Å². The zero-order valence-corrected chi connectivity index (χ0v) is 18.8. The summed E-state index contributed by atoms with van der Waals surface area (Å²) in [6.45, 7) is 13.8. The molecule has 31 heavy (non-hydrogen) atoms. The van der Waals surface area contributed by atoms with E-state index in [4.69, 9.17) is 0 Å². The number of alkyl halides is 1. The van der Waals surface area contributed by atoms with Crippen molar-refractivity contribution < 1.29 is 4.39 Å². The second-order valence-electron chi connectivity index (χ2n) is 9.78. The van der Waals surface area contributed by atoms with Crippen LogP contribution in [0.15, 0.2) is 60.0 Å². The fraction of sp³-hybridized carbons (Fsp3) is 0.385. The van der Waals surface area contributed by atoms with Gasteiger partial charge in [-0.25, -0.2) is 9.37 Å². The van der Waals surface area contributed by atoms with Crippen molar-refractivity contribution in [1.29, 1.82) is 0 Å². The normalized spacial score (nSPS) is 16.5. The molecular formula is C26H30FN3O. The van der Waals surface area contributed by atoms with Crippen molar-refractivity contribution in [3.8, 4) is 11.1 Å². The molecule has 0 aliphatic carbocycles. The quantitative estimate of drug-likeness (QED) is 0.548. The van der Waals surface area contributed by atoms with Gasteiger partial charge in [-0.2, -0.15) is 0 Å². The molecule has 1 saturated heterocycles. The lowest BCUT2D eigenvalue weighted by Gasteiger charge is -2.40. The van der Waals surface area contributed by atoms with Gasteiger partial charge in [-0.3, -0.25) is 9.20 Å². The van der Waals surface area contributed by atoms with Crippen molar-refractivity contribution in [3.63, 3.8) is 0 Å². The third-order valence-corrected chi connectivity index (χ3v) is 6.11. The summed E-state index contributed by atoms with van der Waals surface area (Å²) < 4.78 is 16.0. The first-order valence-corrected chi connectivity index (χ1v) is 10.8. The van der Waals surface area contributed by atoms with Crippen LogP contribution in [0.25, 0.3) is 22.5 Å². The summed E-state index contributed by atoms with van der Waals surface area (Å²) in [4.78, 5) is 19.4. The van der Waals surface area contributed by atoms with E-state index in [2.05, 4.69) is 42.4 Å². The fourth-order valence-electron chi connectivity index (χ4n) is 4.33. The Hall–Kier alpha value is -2.95. The second-order valence-corrected chi connectivity index (χ2v) is 9.78. The molecule has 4 rings (SSSR count). The van der Waals surface area contributed by atoms with Crippen LogP contribution in [0.4, 0.5) is 4.39 Å². The molecule has 0 bridgehead atoms. The highest BCUT2D eigenvalue weighted by Gasteiger charge is 2.27. The molecular weight excluding hydrogens is 389 g/mol. The highest BCUT2D eigenvalue weighted by molar-refractivity contribution is 5.78. The third-order valence-electron chi connectivity index (χ3n) is 6.11. The number of pyridine rings is 1. The number of rotatable bonds is 4. The minimum Gasteiger partial charge on any atom is -0.371 e. The minimum absolute atomic E-state index is 0.141. The van der Waals surface area contributed by atoms with Gasteiger partial charge in [0.15, 0.2) is 0 Å². The van der Waals surface area contributed by atoms with Crippen molar-refractivity contribution in [1.82, 2.24) is 14.3 Å². The summed E-state index contributed by atoms with van der Waals surface area (Å²) in [5.41, 5.74) is 2.75. The monoisotopic (exact) mass is 419 g/mol. The van der Waals surface area contributed by atoms with Gasteiger partial charge in [-0.15, -0.1) is 0 Å². The molecule has 3 heterocycles. The molecule has 0 amide bonds. The molecule has 5 heteroatoms. The van der Waals surface area contributed by atoms with Crippen LogP contribution in [0.1, 0.15) is 51.8 Å². The molecule has 0 unspecified atom stereocenters. The number of hydrogen-bond donors (Lipinski definition) is 0. The standard InChI is InChI=1S/C26H30FN3O/c1-18(29-14-7-13-25(2,3)17-29)19-9-11-20(12-10-19)21-8-6-15-30-23(31)16-22(26(4,5)27)28-24(21)30/h6,8-12,15-16H,1,7,13-14,17H2,2-5H3. The highest BCUT2D eigenvalue weighted by atomic mass is 19.1. The van der Waals surface area contributed by atoms with E-state index in [-0.39, 0.29) is 11.3 Å². The molecule has 4 nitrogen and oxygen atoms in total. The number of likely N-dealkylation sites (tertiary alicyclic amines) is 1. The summed E-state index contributed by atoms with van der Waals surface area (Å²) >= 11 is 0. The van der Waals surface area contributed by atoms with E-state index in [0.29, 0.717) is 11.1 Å². The molecule has 1 aliphatic rings. The van der Waals surface area contributed by atoms with Crippen LogP contribution in [0.5, 0.6) is 0 Å². The van der Waals surface area contributed by atoms with Crippen LogP contribution in [-0.2, 0) is 5.67 Å². The average molecular weight is 420 g/mol. The van der Waals surface area contributed by atoms with Gasteiger partial charge in [0.1, 0.15) is 11.3 Å². The first-order valence-electron chi connectivity index (χ1n) is 10.8. The maximum absolute atomic E-state index is 14.5. The fourth-order valence-corrected chi connectivity index (χ4v) is 4.33. The number of halogens is 1. The van der Waals surface area contributed by atoms with Crippen LogP contribution < -0.4 is 5.56 Å². The van der Waals surface area contributed by atoms with Crippen molar-refractivity contribution in [2.45, 2.75) is 46.2 Å². The van der Waals surface area contributed by atoms with Gasteiger partial charge < -0.3 is 4.90 Å². The van der Waals surface area contributed by atoms with Gasteiger partial charge in [0.2, 0.25) is 0 Å². The van der Waals surface area contributed by atoms with E-state index < -0.39 is 5.67 Å². The predicted molar refractivity (Wildman–Crippen MR) is 125 cm³/mol. The van der Waals surface area contributed by atoms with E-state index in [0.717, 1.165) is 35.5 Å². The lowest BCUT2D eigenvalue weighted by atomic mass is 9.83. The number of fused-ring (bicyclic) bond motifs is 1. The number of nitrogens with zero attached hydrogens (tertiary/aromatic N) is 3. The van der Waals surface area contributed by atoms with Crippen LogP contribution in [-0.4, -0.2) is 27.4 Å². The molecule has 0 radical (unpaired) electrons. The Morgan fingerprint density at radius 1 is 1.19 bits per heavy atom. The molecule has 2 aromatic heterocycles. The number of aromatic nitrogens is 2. The summed E-state index contributed by atoms with van der Waals surface area (Å²) in [6.07, 6.45) is 4.08. The molecule has 0 spiro atoms. The lowest BCUT2D eigenvalue weighted by molar-refractivity contribution is 0.170. The van der Waals surface area contributed by atoms with Crippen molar-refractivity contribution >= 4 is 11.3 Å². The molecule has 1 fully saturated rings.